The van der Waals surface area contributed by atoms with Gasteiger partial charge in [-0.3, -0.25) is 14.3 Å². The Bertz CT molecular complexity index is 684. The van der Waals surface area contributed by atoms with Crippen molar-refractivity contribution in [3.63, 3.8) is 0 Å². The number of rotatable bonds is 4. The quantitative estimate of drug-likeness (QED) is 0.884. The van der Waals surface area contributed by atoms with Gasteiger partial charge in [0, 0.05) is 26.3 Å². The summed E-state index contributed by atoms with van der Waals surface area (Å²) in [6.07, 6.45) is -3.53. The Labute approximate surface area is 141 Å². The van der Waals surface area contributed by atoms with E-state index in [2.05, 4.69) is 5.10 Å². The Morgan fingerprint density at radius 1 is 1.32 bits per heavy atom. The van der Waals surface area contributed by atoms with Crippen LogP contribution in [0.1, 0.15) is 41.5 Å². The second-order valence-corrected chi connectivity index (χ2v) is 6.43. The maximum atomic E-state index is 13.0. The van der Waals surface area contributed by atoms with Gasteiger partial charge in [0.15, 0.2) is 5.69 Å². The minimum atomic E-state index is -4.64. The van der Waals surface area contributed by atoms with Gasteiger partial charge in [0.1, 0.15) is 5.69 Å². The highest BCUT2D eigenvalue weighted by Gasteiger charge is 2.41. The molecule has 2 aliphatic rings. The van der Waals surface area contributed by atoms with E-state index in [9.17, 15) is 27.9 Å². The van der Waals surface area contributed by atoms with Crippen molar-refractivity contribution in [1.29, 1.82) is 0 Å². The van der Waals surface area contributed by atoms with Crippen LogP contribution in [0.15, 0.2) is 6.07 Å². The molecule has 2 heterocycles. The van der Waals surface area contributed by atoms with E-state index in [0.29, 0.717) is 12.8 Å². The average molecular weight is 361 g/mol. The number of carboxylic acid groups (broad SMARTS) is 1. The highest BCUT2D eigenvalue weighted by Crippen LogP contribution is 2.38. The number of carboxylic acids is 1. The fraction of sp³-hybridized carbons (Fsp3) is 0.667. The minimum absolute atomic E-state index is 0.0643. The number of aromatic nitrogens is 2. The lowest BCUT2D eigenvalue weighted by Gasteiger charge is -2.35. The lowest BCUT2D eigenvalue weighted by Crippen LogP contribution is -2.49. The zero-order valence-electron chi connectivity index (χ0n) is 13.5. The average Bonchev–Trinajstić information content (AvgIpc) is 3.30. The van der Waals surface area contributed by atoms with E-state index in [4.69, 9.17) is 4.74 Å². The van der Waals surface area contributed by atoms with Crippen LogP contribution in [0.25, 0.3) is 0 Å². The predicted octanol–water partition coefficient (Wildman–Crippen LogP) is 1.80. The molecule has 10 heteroatoms. The van der Waals surface area contributed by atoms with Gasteiger partial charge in [-0.2, -0.15) is 18.3 Å². The Hall–Kier alpha value is -2.10. The second kappa shape index (κ2) is 6.32. The number of hydrogen-bond acceptors (Lipinski definition) is 4. The summed E-state index contributed by atoms with van der Waals surface area (Å²) in [7, 11) is 1.41. The fourth-order valence-corrected chi connectivity index (χ4v) is 3.02. The number of carbonyl (C=O) groups excluding carboxylic acids is 1. The standard InChI is InChI=1S/C15H18F3N3O4/c1-25-10-4-8(14(23)24)6-20(7-10)13(22)11-5-12(15(16,17)18)19-21(11)9-2-3-9/h5,8-10H,2-4,6-7H2,1H3,(H,23,24). The van der Waals surface area contributed by atoms with E-state index in [0.717, 1.165) is 10.7 Å². The Kier molecular flexibility index (Phi) is 4.48. The van der Waals surface area contributed by atoms with Crippen molar-refractivity contribution >= 4 is 11.9 Å². The molecule has 1 saturated carbocycles. The third-order valence-corrected chi connectivity index (χ3v) is 4.52. The summed E-state index contributed by atoms with van der Waals surface area (Å²) in [6, 6.07) is 0.528. The summed E-state index contributed by atoms with van der Waals surface area (Å²) < 4.78 is 45.2. The zero-order chi connectivity index (χ0) is 18.4. The number of alkyl halides is 3. The zero-order valence-corrected chi connectivity index (χ0v) is 13.5. The number of ether oxygens (including phenoxy) is 1. The Morgan fingerprint density at radius 2 is 2.00 bits per heavy atom. The number of methoxy groups -OCH3 is 1. The van der Waals surface area contributed by atoms with Gasteiger partial charge in [-0.25, -0.2) is 0 Å². The highest BCUT2D eigenvalue weighted by atomic mass is 19.4. The molecule has 0 radical (unpaired) electrons. The molecule has 1 N–H and O–H groups in total. The van der Waals surface area contributed by atoms with Gasteiger partial charge < -0.3 is 14.7 Å². The molecule has 7 nitrogen and oxygen atoms in total. The van der Waals surface area contributed by atoms with E-state index < -0.39 is 35.8 Å². The first kappa shape index (κ1) is 17.7. The SMILES string of the molecule is COC1CC(C(=O)O)CN(C(=O)c2cc(C(F)(F)F)nn2C2CC2)C1. The van der Waals surface area contributed by atoms with Crippen LogP contribution in [0.4, 0.5) is 13.2 Å². The molecule has 1 aliphatic carbocycles. The second-order valence-electron chi connectivity index (χ2n) is 6.43. The van der Waals surface area contributed by atoms with E-state index in [1.54, 1.807) is 0 Å². The molecule has 0 bridgehead atoms. The van der Waals surface area contributed by atoms with Gasteiger partial charge in [0.2, 0.25) is 0 Å². The molecule has 1 aliphatic heterocycles. The van der Waals surface area contributed by atoms with Crippen molar-refractivity contribution in [2.75, 3.05) is 20.2 Å². The molecule has 3 rings (SSSR count). The maximum Gasteiger partial charge on any atom is 0.435 e. The first-order valence-corrected chi connectivity index (χ1v) is 7.92. The van der Waals surface area contributed by atoms with Gasteiger partial charge in [0.25, 0.3) is 5.91 Å². The number of likely N-dealkylation sites (tertiary alicyclic amines) is 1. The van der Waals surface area contributed by atoms with E-state index in [1.807, 2.05) is 0 Å². The first-order chi connectivity index (χ1) is 11.7. The first-order valence-electron chi connectivity index (χ1n) is 7.92. The Balaban J connectivity index is 1.89. The Morgan fingerprint density at radius 3 is 2.52 bits per heavy atom. The van der Waals surface area contributed by atoms with Crippen molar-refractivity contribution in [2.45, 2.75) is 37.6 Å². The molecule has 138 valence electrons. The van der Waals surface area contributed by atoms with Crippen LogP contribution >= 0.6 is 0 Å². The van der Waals surface area contributed by atoms with Crippen LogP contribution in [0.2, 0.25) is 0 Å². The number of hydrogen-bond donors (Lipinski definition) is 1. The molecule has 0 spiro atoms. The summed E-state index contributed by atoms with van der Waals surface area (Å²) >= 11 is 0. The van der Waals surface area contributed by atoms with Crippen LogP contribution < -0.4 is 0 Å². The summed E-state index contributed by atoms with van der Waals surface area (Å²) in [5, 5.41) is 12.8. The number of aliphatic carboxylic acids is 1. The van der Waals surface area contributed by atoms with Crippen molar-refractivity contribution in [3.05, 3.63) is 17.5 Å². The molecular formula is C15H18F3N3O4. The van der Waals surface area contributed by atoms with Gasteiger partial charge in [-0.1, -0.05) is 0 Å². The number of carbonyl (C=O) groups is 2. The molecule has 1 amide bonds. The summed E-state index contributed by atoms with van der Waals surface area (Å²) in [6.45, 7) is 0.0710. The molecular weight excluding hydrogens is 343 g/mol. The molecule has 0 aromatic carbocycles. The number of halogens is 3. The van der Waals surface area contributed by atoms with Gasteiger partial charge in [-0.15, -0.1) is 0 Å². The van der Waals surface area contributed by atoms with Crippen LogP contribution in [0.3, 0.4) is 0 Å². The van der Waals surface area contributed by atoms with Crippen molar-refractivity contribution < 1.29 is 32.6 Å². The maximum absolute atomic E-state index is 13.0. The fourth-order valence-electron chi connectivity index (χ4n) is 3.02. The summed E-state index contributed by atoms with van der Waals surface area (Å²) in [5.74, 6) is -2.53. The van der Waals surface area contributed by atoms with Crippen molar-refractivity contribution in [1.82, 2.24) is 14.7 Å². The number of piperidine rings is 1. The summed E-state index contributed by atoms with van der Waals surface area (Å²) in [4.78, 5) is 25.3. The molecule has 2 fully saturated rings. The lowest BCUT2D eigenvalue weighted by molar-refractivity contribution is -0.145. The molecule has 25 heavy (non-hydrogen) atoms. The van der Waals surface area contributed by atoms with Crippen LogP contribution in [0.5, 0.6) is 0 Å². The van der Waals surface area contributed by atoms with Gasteiger partial charge >= 0.3 is 12.1 Å². The molecule has 2 atom stereocenters. The minimum Gasteiger partial charge on any atom is -0.481 e. The van der Waals surface area contributed by atoms with Crippen LogP contribution in [0, 0.1) is 5.92 Å². The number of nitrogens with zero attached hydrogens (tertiary/aromatic N) is 3. The lowest BCUT2D eigenvalue weighted by atomic mass is 9.95. The monoisotopic (exact) mass is 361 g/mol. The van der Waals surface area contributed by atoms with E-state index in [1.165, 1.54) is 12.0 Å². The van der Waals surface area contributed by atoms with Crippen LogP contribution in [-0.2, 0) is 15.7 Å². The molecule has 1 aromatic heterocycles. The van der Waals surface area contributed by atoms with Crippen LogP contribution in [-0.4, -0.2) is 58.0 Å². The van der Waals surface area contributed by atoms with E-state index in [-0.39, 0.29) is 31.2 Å². The van der Waals surface area contributed by atoms with Crippen molar-refractivity contribution in [2.24, 2.45) is 5.92 Å². The third-order valence-electron chi connectivity index (χ3n) is 4.52. The number of amides is 1. The van der Waals surface area contributed by atoms with Gasteiger partial charge in [0.05, 0.1) is 18.1 Å². The van der Waals surface area contributed by atoms with Gasteiger partial charge in [-0.05, 0) is 19.3 Å². The largest absolute Gasteiger partial charge is 0.481 e. The van der Waals surface area contributed by atoms with E-state index >= 15 is 0 Å². The highest BCUT2D eigenvalue weighted by molar-refractivity contribution is 5.93. The summed E-state index contributed by atoms with van der Waals surface area (Å²) in [5.41, 5.74) is -1.27. The predicted molar refractivity (Wildman–Crippen MR) is 77.9 cm³/mol. The molecule has 1 saturated heterocycles. The smallest absolute Gasteiger partial charge is 0.435 e. The van der Waals surface area contributed by atoms with Crippen molar-refractivity contribution in [3.8, 4) is 0 Å². The third kappa shape index (κ3) is 3.63. The molecule has 2 unspecified atom stereocenters. The molecule has 1 aromatic rings. The normalized spacial score (nSPS) is 24.4. The topological polar surface area (TPSA) is 84.7 Å².